The van der Waals surface area contributed by atoms with Crippen LogP contribution in [0.2, 0.25) is 5.02 Å². The molecule has 2 heterocycles. The van der Waals surface area contributed by atoms with Gasteiger partial charge in [-0.2, -0.15) is 0 Å². The number of halogens is 1. The molecule has 2 fully saturated rings. The maximum Gasteiger partial charge on any atom is 0.263 e. The molecule has 3 aliphatic rings. The zero-order valence-electron chi connectivity index (χ0n) is 30.6. The van der Waals surface area contributed by atoms with Crippen LogP contribution in [0.1, 0.15) is 94.6 Å². The Balaban J connectivity index is 1.41. The minimum absolute atomic E-state index is 0.156. The highest BCUT2D eigenvalue weighted by atomic mass is 35.5. The van der Waals surface area contributed by atoms with E-state index in [2.05, 4.69) is 71.4 Å². The summed E-state index contributed by atoms with van der Waals surface area (Å²) in [5.41, 5.74) is 4.04. The number of rotatable bonds is 14. The van der Waals surface area contributed by atoms with E-state index in [1.807, 2.05) is 32.0 Å². The third kappa shape index (κ3) is 9.69. The number of amides is 1. The normalized spacial score (nSPS) is 23.2. The van der Waals surface area contributed by atoms with Crippen LogP contribution in [0.25, 0.3) is 0 Å². The van der Waals surface area contributed by atoms with E-state index in [0.29, 0.717) is 36.0 Å². The third-order valence-corrected chi connectivity index (χ3v) is 12.3. The molecule has 1 aliphatic carbocycles. The smallest absolute Gasteiger partial charge is 0.263 e. The minimum Gasteiger partial charge on any atom is -0.491 e. The maximum atomic E-state index is 13.3. The van der Waals surface area contributed by atoms with Crippen molar-refractivity contribution in [2.75, 3.05) is 57.3 Å². The second kappa shape index (κ2) is 17.7. The number of carbonyl (C=O) groups excluding carboxylic acids is 1. The molecule has 1 saturated carbocycles. The molecule has 0 bridgehead atoms. The Morgan fingerprint density at radius 2 is 1.84 bits per heavy atom. The summed E-state index contributed by atoms with van der Waals surface area (Å²) >= 11 is 6.48. The van der Waals surface area contributed by atoms with Crippen LogP contribution in [-0.2, 0) is 17.4 Å². The number of nitrogens with one attached hydrogen (secondary N) is 1. The molecule has 9 heteroatoms. The van der Waals surface area contributed by atoms with Gasteiger partial charge in [0.15, 0.2) is 0 Å². The standard InChI is InChI=1S/C40H59ClN4O3S/c1-7-9-11-32(24-43-18-20-44(21-19-43)28(3)4)37-15-12-33(37)25-45-26-34(36-16-14-35(41)22-30(36)10-8-2)27-48-39-17-13-31(23-38(39)45)40(46)42-49(47)29(5)6/h9,11,13-14,16-17,22-23,28-29,32-34,37H,7-8,10,12,15,18-21,24-27H2,1-6H3,(H,42,46)/b11-9+/t32?,33-,34?,37?,49?/m0/s1. The average molecular weight is 711 g/mol. The summed E-state index contributed by atoms with van der Waals surface area (Å²) in [5, 5.41) is 0.608. The van der Waals surface area contributed by atoms with Crippen molar-refractivity contribution < 1.29 is 13.7 Å². The molecular weight excluding hydrogens is 652 g/mol. The van der Waals surface area contributed by atoms with E-state index in [9.17, 15) is 9.00 Å². The van der Waals surface area contributed by atoms with Crippen molar-refractivity contribution in [1.82, 2.24) is 14.5 Å². The predicted octanol–water partition coefficient (Wildman–Crippen LogP) is 7.71. The molecule has 4 unspecified atom stereocenters. The number of piperazine rings is 1. The van der Waals surface area contributed by atoms with Gasteiger partial charge in [0.2, 0.25) is 0 Å². The number of aryl methyl sites for hydroxylation is 1. The number of benzene rings is 2. The van der Waals surface area contributed by atoms with Crippen molar-refractivity contribution in [3.8, 4) is 5.75 Å². The SMILES string of the molecule is CC/C=C/C(CN1CCN(C(C)C)CC1)C1CC[C@H]1CN1CC(c2ccc(Cl)cc2CCC)COc2ccc(C(=O)NS(=O)C(C)C)cc21. The fourth-order valence-corrected chi connectivity index (χ4v) is 8.53. The molecule has 2 aliphatic heterocycles. The zero-order valence-corrected chi connectivity index (χ0v) is 32.2. The molecule has 2 aromatic carbocycles. The van der Waals surface area contributed by atoms with Crippen LogP contribution < -0.4 is 14.4 Å². The highest BCUT2D eigenvalue weighted by Gasteiger charge is 2.39. The highest BCUT2D eigenvalue weighted by Crippen LogP contribution is 2.44. The number of hydrogen-bond acceptors (Lipinski definition) is 6. The van der Waals surface area contributed by atoms with Crippen molar-refractivity contribution in [2.45, 2.75) is 90.9 Å². The summed E-state index contributed by atoms with van der Waals surface area (Å²) in [6.07, 6.45) is 10.4. The number of hydrogen-bond donors (Lipinski definition) is 1. The van der Waals surface area contributed by atoms with Gasteiger partial charge in [-0.25, -0.2) is 4.21 Å². The molecule has 0 radical (unpaired) electrons. The Bertz CT molecular complexity index is 1460. The van der Waals surface area contributed by atoms with Crippen molar-refractivity contribution in [3.63, 3.8) is 0 Å². The predicted molar refractivity (Wildman–Crippen MR) is 205 cm³/mol. The summed E-state index contributed by atoms with van der Waals surface area (Å²) in [6, 6.07) is 12.6. The molecule has 0 aromatic heterocycles. The maximum absolute atomic E-state index is 13.3. The van der Waals surface area contributed by atoms with E-state index >= 15 is 0 Å². The fourth-order valence-electron chi connectivity index (χ4n) is 7.80. The van der Waals surface area contributed by atoms with Crippen LogP contribution in [0.5, 0.6) is 5.75 Å². The summed E-state index contributed by atoms with van der Waals surface area (Å²) in [7, 11) is -1.44. The first kappa shape index (κ1) is 37.9. The Morgan fingerprint density at radius 1 is 1.06 bits per heavy atom. The number of nitrogens with zero attached hydrogens (tertiary/aromatic N) is 3. The van der Waals surface area contributed by atoms with Gasteiger partial charge in [0.05, 0.1) is 12.3 Å². The lowest BCUT2D eigenvalue weighted by atomic mass is 9.66. The third-order valence-electron chi connectivity index (χ3n) is 10.8. The van der Waals surface area contributed by atoms with E-state index in [1.54, 1.807) is 6.07 Å². The van der Waals surface area contributed by atoms with Crippen LogP contribution in [0.3, 0.4) is 0 Å². The number of allylic oxidation sites excluding steroid dienone is 1. The van der Waals surface area contributed by atoms with E-state index in [1.165, 1.54) is 24.0 Å². The molecule has 49 heavy (non-hydrogen) atoms. The van der Waals surface area contributed by atoms with Crippen LogP contribution >= 0.6 is 11.6 Å². The van der Waals surface area contributed by atoms with Gasteiger partial charge < -0.3 is 14.5 Å². The van der Waals surface area contributed by atoms with Gasteiger partial charge in [0, 0.05) is 73.6 Å². The number of anilines is 1. The van der Waals surface area contributed by atoms with Gasteiger partial charge in [-0.1, -0.05) is 50.1 Å². The minimum atomic E-state index is -1.44. The lowest BCUT2D eigenvalue weighted by Gasteiger charge is -2.46. The van der Waals surface area contributed by atoms with Crippen molar-refractivity contribution in [1.29, 1.82) is 0 Å². The molecule has 5 rings (SSSR count). The van der Waals surface area contributed by atoms with Gasteiger partial charge in [-0.15, -0.1) is 0 Å². The molecular formula is C40H59ClN4O3S. The van der Waals surface area contributed by atoms with Crippen molar-refractivity contribution >= 4 is 34.2 Å². The van der Waals surface area contributed by atoms with Crippen molar-refractivity contribution in [2.24, 2.45) is 17.8 Å². The van der Waals surface area contributed by atoms with Crippen LogP contribution in [-0.4, -0.2) is 83.6 Å². The molecule has 270 valence electrons. The molecule has 1 amide bonds. The number of carbonyl (C=O) groups is 1. The number of ether oxygens (including phenoxy) is 1. The lowest BCUT2D eigenvalue weighted by Crippen LogP contribution is -2.51. The van der Waals surface area contributed by atoms with E-state index in [0.717, 1.165) is 81.5 Å². The molecule has 0 spiro atoms. The van der Waals surface area contributed by atoms with Gasteiger partial charge >= 0.3 is 0 Å². The zero-order chi connectivity index (χ0) is 35.1. The Hall–Kier alpha value is -2.39. The van der Waals surface area contributed by atoms with Crippen LogP contribution in [0.4, 0.5) is 5.69 Å². The summed E-state index contributed by atoms with van der Waals surface area (Å²) in [6.45, 7) is 20.7. The van der Waals surface area contributed by atoms with Crippen molar-refractivity contribution in [3.05, 3.63) is 70.3 Å². The van der Waals surface area contributed by atoms with Crippen LogP contribution in [0, 0.1) is 17.8 Å². The first-order valence-corrected chi connectivity index (χ1v) is 20.3. The van der Waals surface area contributed by atoms with Gasteiger partial charge in [0.1, 0.15) is 16.7 Å². The molecule has 5 atom stereocenters. The molecule has 1 saturated heterocycles. The summed E-state index contributed by atoms with van der Waals surface area (Å²) in [4.78, 5) is 21.0. The lowest BCUT2D eigenvalue weighted by molar-refractivity contribution is 0.0652. The second-order valence-corrected chi connectivity index (χ2v) is 17.1. The monoisotopic (exact) mass is 710 g/mol. The first-order chi connectivity index (χ1) is 23.6. The van der Waals surface area contributed by atoms with Crippen LogP contribution in [0.15, 0.2) is 48.6 Å². The van der Waals surface area contributed by atoms with E-state index in [4.69, 9.17) is 16.3 Å². The Morgan fingerprint density at radius 3 is 2.49 bits per heavy atom. The summed E-state index contributed by atoms with van der Waals surface area (Å²) < 4.78 is 21.8. The first-order valence-electron chi connectivity index (χ1n) is 18.7. The van der Waals surface area contributed by atoms with E-state index in [-0.39, 0.29) is 17.1 Å². The van der Waals surface area contributed by atoms with Gasteiger partial charge in [0.25, 0.3) is 5.91 Å². The highest BCUT2D eigenvalue weighted by molar-refractivity contribution is 7.84. The molecule has 2 aromatic rings. The second-order valence-electron chi connectivity index (χ2n) is 14.9. The Kier molecular flexibility index (Phi) is 13.7. The molecule has 7 nitrogen and oxygen atoms in total. The van der Waals surface area contributed by atoms with E-state index < -0.39 is 11.0 Å². The fraction of sp³-hybridized carbons (Fsp3) is 0.625. The largest absolute Gasteiger partial charge is 0.491 e. The summed E-state index contributed by atoms with van der Waals surface area (Å²) in [5.74, 6) is 2.32. The Labute approximate surface area is 303 Å². The average Bonchev–Trinajstić information content (AvgIpc) is 3.25. The molecule has 1 N–H and O–H groups in total. The topological polar surface area (TPSA) is 65.1 Å². The van der Waals surface area contributed by atoms with Gasteiger partial charge in [-0.05, 0) is 113 Å². The van der Waals surface area contributed by atoms with Gasteiger partial charge in [-0.3, -0.25) is 14.4 Å². The number of fused-ring (bicyclic) bond motifs is 1. The quantitative estimate of drug-likeness (QED) is 0.203.